The van der Waals surface area contributed by atoms with Gasteiger partial charge in [0, 0.05) is 5.56 Å². The van der Waals surface area contributed by atoms with Crippen molar-refractivity contribution in [1.82, 2.24) is 15.0 Å². The summed E-state index contributed by atoms with van der Waals surface area (Å²) >= 11 is 0. The predicted molar refractivity (Wildman–Crippen MR) is 168 cm³/mol. The van der Waals surface area contributed by atoms with Crippen LogP contribution in [0.2, 0.25) is 0 Å². The number of para-hydroxylation sites is 1. The van der Waals surface area contributed by atoms with Crippen LogP contribution in [0.3, 0.4) is 0 Å². The summed E-state index contributed by atoms with van der Waals surface area (Å²) < 4.78 is 2.21. The van der Waals surface area contributed by atoms with Gasteiger partial charge in [-0.1, -0.05) is 98.3 Å². The maximum Gasteiger partial charge on any atom is 0.114 e. The lowest BCUT2D eigenvalue weighted by molar-refractivity contribution is 0.486. The van der Waals surface area contributed by atoms with Crippen molar-refractivity contribution in [2.24, 2.45) is 0 Å². The summed E-state index contributed by atoms with van der Waals surface area (Å²) in [5.74, 6) is 0. The van der Waals surface area contributed by atoms with Crippen molar-refractivity contribution in [3.63, 3.8) is 0 Å². The number of hydrogen-bond donors (Lipinski definition) is 0. The smallest absolute Gasteiger partial charge is 0.114 e. The Morgan fingerprint density at radius 3 is 1.82 bits per heavy atom. The third kappa shape index (κ3) is 5.42. The normalized spacial score (nSPS) is 18.6. The van der Waals surface area contributed by atoms with E-state index in [9.17, 15) is 0 Å². The second-order valence-corrected chi connectivity index (χ2v) is 15.0. The summed E-state index contributed by atoms with van der Waals surface area (Å²) in [6, 6.07) is 27.5. The van der Waals surface area contributed by atoms with Crippen LogP contribution in [0, 0.1) is 0 Å². The van der Waals surface area contributed by atoms with Gasteiger partial charge in [0.1, 0.15) is 11.1 Å². The molecule has 0 amide bonds. The summed E-state index contributed by atoms with van der Waals surface area (Å²) in [6.07, 6.45) is 18.1. The van der Waals surface area contributed by atoms with E-state index in [-0.39, 0.29) is 7.92 Å². The van der Waals surface area contributed by atoms with Crippen LogP contribution in [0.5, 0.6) is 0 Å². The second kappa shape index (κ2) is 12.0. The van der Waals surface area contributed by atoms with Crippen molar-refractivity contribution in [2.75, 3.05) is 0 Å². The third-order valence-corrected chi connectivity index (χ3v) is 13.1. The Labute approximate surface area is 241 Å². The van der Waals surface area contributed by atoms with Crippen molar-refractivity contribution in [3.8, 4) is 16.9 Å². The van der Waals surface area contributed by atoms with Crippen LogP contribution in [0.1, 0.15) is 86.5 Å². The van der Waals surface area contributed by atoms with Crippen molar-refractivity contribution in [1.29, 1.82) is 0 Å². The Kier molecular flexibility index (Phi) is 7.84. The van der Waals surface area contributed by atoms with E-state index >= 15 is 0 Å². The summed E-state index contributed by atoms with van der Waals surface area (Å²) in [5.41, 5.74) is 12.5. The van der Waals surface area contributed by atoms with Crippen LogP contribution in [0.4, 0.5) is 0 Å². The number of aryl methyl sites for hydroxylation is 4. The molecule has 206 valence electrons. The van der Waals surface area contributed by atoms with Gasteiger partial charge < -0.3 is 0 Å². The van der Waals surface area contributed by atoms with Gasteiger partial charge in [-0.2, -0.15) is 0 Å². The Morgan fingerprint density at radius 2 is 1.18 bits per heavy atom. The summed E-state index contributed by atoms with van der Waals surface area (Å²) in [7, 11) is -0.372. The second-order valence-electron chi connectivity index (χ2n) is 12.3. The summed E-state index contributed by atoms with van der Waals surface area (Å²) in [6.45, 7) is 0. The first-order valence-electron chi connectivity index (χ1n) is 15.8. The number of nitrogens with zero attached hydrogens (tertiary/aromatic N) is 3. The van der Waals surface area contributed by atoms with Crippen molar-refractivity contribution in [2.45, 2.75) is 101 Å². The molecule has 3 nitrogen and oxygen atoms in total. The molecule has 0 radical (unpaired) electrons. The lowest BCUT2D eigenvalue weighted by atomic mass is 9.92. The van der Waals surface area contributed by atoms with Crippen LogP contribution in [0.25, 0.3) is 16.9 Å². The van der Waals surface area contributed by atoms with Gasteiger partial charge in [-0.25, -0.2) is 4.68 Å². The fourth-order valence-corrected chi connectivity index (χ4v) is 11.2. The van der Waals surface area contributed by atoms with Gasteiger partial charge in [0.15, 0.2) is 0 Å². The number of hydrogen-bond acceptors (Lipinski definition) is 2. The average Bonchev–Trinajstić information content (AvgIpc) is 3.44. The zero-order valence-corrected chi connectivity index (χ0v) is 24.7. The highest BCUT2D eigenvalue weighted by Gasteiger charge is 2.37. The lowest BCUT2D eigenvalue weighted by Gasteiger charge is -2.37. The van der Waals surface area contributed by atoms with E-state index in [4.69, 9.17) is 10.3 Å². The molecular formula is C36H42N3P. The first-order chi connectivity index (χ1) is 19.8. The molecule has 40 heavy (non-hydrogen) atoms. The molecule has 0 atom stereocenters. The van der Waals surface area contributed by atoms with Crippen LogP contribution in [0.15, 0.2) is 72.8 Å². The molecule has 4 heteroatoms. The SMILES string of the molecule is c1ccc(-n2nnc(P(C3CCCCC3)C3CCCCC3)c2-c2cc3ccc2CCc2ccc(cc2)CC3)cc1. The molecule has 4 bridgehead atoms. The highest BCUT2D eigenvalue weighted by molar-refractivity contribution is 7.67. The molecule has 0 N–H and O–H groups in total. The first-order valence-corrected chi connectivity index (χ1v) is 17.3. The molecular weight excluding hydrogens is 505 g/mol. The molecule has 4 aromatic rings. The molecule has 10 rings (SSSR count). The molecule has 1 aromatic heterocycles. The molecule has 1 heterocycles. The van der Waals surface area contributed by atoms with E-state index < -0.39 is 0 Å². The fourth-order valence-electron chi connectivity index (χ4n) is 7.45. The molecule has 0 saturated heterocycles. The minimum absolute atomic E-state index is 0.372. The first kappa shape index (κ1) is 26.1. The Morgan fingerprint density at radius 1 is 0.600 bits per heavy atom. The topological polar surface area (TPSA) is 30.7 Å². The van der Waals surface area contributed by atoms with Crippen molar-refractivity contribution in [3.05, 3.63) is 95.1 Å². The Balaban J connectivity index is 1.40. The Bertz CT molecular complexity index is 1390. The van der Waals surface area contributed by atoms with E-state index in [1.807, 2.05) is 0 Å². The van der Waals surface area contributed by atoms with E-state index in [0.29, 0.717) is 0 Å². The molecule has 3 aromatic carbocycles. The van der Waals surface area contributed by atoms with Gasteiger partial charge >= 0.3 is 0 Å². The van der Waals surface area contributed by atoms with E-state index in [2.05, 4.69) is 77.5 Å². The van der Waals surface area contributed by atoms with Crippen LogP contribution < -0.4 is 5.44 Å². The average molecular weight is 548 g/mol. The maximum atomic E-state index is 5.19. The molecule has 6 aliphatic rings. The van der Waals surface area contributed by atoms with Gasteiger partial charge in [0.25, 0.3) is 0 Å². The lowest BCUT2D eigenvalue weighted by Crippen LogP contribution is -2.28. The van der Waals surface area contributed by atoms with E-state index in [1.54, 1.807) is 0 Å². The predicted octanol–water partition coefficient (Wildman–Crippen LogP) is 8.59. The quantitative estimate of drug-likeness (QED) is 0.234. The molecule has 2 fully saturated rings. The maximum absolute atomic E-state index is 5.19. The van der Waals surface area contributed by atoms with Crippen LogP contribution in [-0.4, -0.2) is 26.3 Å². The minimum atomic E-state index is -0.372. The van der Waals surface area contributed by atoms with E-state index in [0.717, 1.165) is 42.7 Å². The van der Waals surface area contributed by atoms with E-state index in [1.165, 1.54) is 103 Å². The number of aromatic nitrogens is 3. The zero-order valence-electron chi connectivity index (χ0n) is 23.8. The fraction of sp³-hybridized carbons (Fsp3) is 0.444. The Hall–Kier alpha value is -2.77. The van der Waals surface area contributed by atoms with Gasteiger partial charge in [0.05, 0.1) is 5.69 Å². The summed E-state index contributed by atoms with van der Waals surface area (Å²) in [5, 5.41) is 10.2. The highest BCUT2D eigenvalue weighted by atomic mass is 31.1. The number of benzene rings is 3. The van der Waals surface area contributed by atoms with Gasteiger partial charge in [0.2, 0.25) is 0 Å². The largest absolute Gasteiger partial charge is 0.212 e. The number of rotatable bonds is 5. The highest BCUT2D eigenvalue weighted by Crippen LogP contribution is 2.56. The molecule has 6 aliphatic carbocycles. The third-order valence-electron chi connectivity index (χ3n) is 9.67. The monoisotopic (exact) mass is 547 g/mol. The standard InChI is InChI=1S/C36H42N3P/c1-4-10-31(11-5-1)39-35(34-26-29-21-20-27-16-18-28(19-17-27)22-24-30(34)25-23-29)36(37-38-39)40(32-12-6-2-7-13-32)33-14-8-3-9-15-33/h1,4-5,10-11,16-19,23,25-26,32-33H,2-3,6-9,12-15,20-22,24H2. The van der Waals surface area contributed by atoms with Crippen LogP contribution in [-0.2, 0) is 25.7 Å². The molecule has 2 saturated carbocycles. The zero-order chi connectivity index (χ0) is 26.7. The van der Waals surface area contributed by atoms with Gasteiger partial charge in [-0.15, -0.1) is 5.10 Å². The molecule has 0 aliphatic heterocycles. The van der Waals surface area contributed by atoms with Crippen LogP contribution >= 0.6 is 7.92 Å². The molecule has 0 spiro atoms. The van der Waals surface area contributed by atoms with Gasteiger partial charge in [-0.3, -0.25) is 0 Å². The van der Waals surface area contributed by atoms with Crippen molar-refractivity contribution >= 4 is 13.4 Å². The minimum Gasteiger partial charge on any atom is -0.212 e. The summed E-state index contributed by atoms with van der Waals surface area (Å²) in [4.78, 5) is 0. The van der Waals surface area contributed by atoms with Crippen molar-refractivity contribution < 1.29 is 0 Å². The van der Waals surface area contributed by atoms with Gasteiger partial charge in [-0.05, 0) is 111 Å². The molecule has 0 unspecified atom stereocenters.